The van der Waals surface area contributed by atoms with E-state index in [0.717, 1.165) is 5.56 Å². The van der Waals surface area contributed by atoms with Gasteiger partial charge < -0.3 is 5.11 Å². The van der Waals surface area contributed by atoms with Crippen LogP contribution in [0.25, 0.3) is 0 Å². The maximum absolute atomic E-state index is 11.4. The maximum Gasteiger partial charge on any atom is 0.328 e. The molecule has 1 heterocycles. The Morgan fingerprint density at radius 1 is 1.28 bits per heavy atom. The highest BCUT2D eigenvalue weighted by atomic mass is 16.3. The van der Waals surface area contributed by atoms with E-state index in [0.29, 0.717) is 5.69 Å². The predicted molar refractivity (Wildman–Crippen MR) is 67.8 cm³/mol. The van der Waals surface area contributed by atoms with Crippen LogP contribution in [0.4, 0.5) is 5.69 Å². The lowest BCUT2D eigenvalue weighted by molar-refractivity contribution is 0.447. The van der Waals surface area contributed by atoms with E-state index in [-0.39, 0.29) is 5.56 Å². The molecule has 92 valence electrons. The number of nitrogens with one attached hydrogen (secondary N) is 2. The summed E-state index contributed by atoms with van der Waals surface area (Å²) in [7, 11) is 0. The maximum atomic E-state index is 11.4. The lowest BCUT2D eigenvalue weighted by Crippen LogP contribution is -2.24. The Morgan fingerprint density at radius 3 is 2.72 bits per heavy atom. The third-order valence-electron chi connectivity index (χ3n) is 2.30. The van der Waals surface area contributed by atoms with Crippen molar-refractivity contribution in [1.29, 1.82) is 0 Å². The van der Waals surface area contributed by atoms with Gasteiger partial charge in [0.25, 0.3) is 5.56 Å². The first-order chi connectivity index (χ1) is 8.56. The first kappa shape index (κ1) is 11.8. The van der Waals surface area contributed by atoms with Gasteiger partial charge in [0.15, 0.2) is 0 Å². The van der Waals surface area contributed by atoms with Crippen LogP contribution in [-0.4, -0.2) is 21.3 Å². The SMILES string of the molecule is Cc1cccc(N=Cc2c(O)[nH]c(=O)[nH]c2=O)c1. The van der Waals surface area contributed by atoms with Crippen LogP contribution in [0.3, 0.4) is 0 Å². The van der Waals surface area contributed by atoms with E-state index < -0.39 is 17.1 Å². The summed E-state index contributed by atoms with van der Waals surface area (Å²) in [6.07, 6.45) is 1.21. The summed E-state index contributed by atoms with van der Waals surface area (Å²) in [6, 6.07) is 7.34. The number of nitrogens with zero attached hydrogens (tertiary/aromatic N) is 1. The number of aromatic amines is 2. The van der Waals surface area contributed by atoms with Gasteiger partial charge in [0.05, 0.1) is 5.69 Å². The Morgan fingerprint density at radius 2 is 2.06 bits per heavy atom. The quantitative estimate of drug-likeness (QED) is 0.683. The molecule has 6 heteroatoms. The van der Waals surface area contributed by atoms with Crippen molar-refractivity contribution in [2.75, 3.05) is 0 Å². The summed E-state index contributed by atoms with van der Waals surface area (Å²) in [5, 5.41) is 9.44. The zero-order valence-corrected chi connectivity index (χ0v) is 9.60. The molecule has 1 aromatic heterocycles. The molecule has 0 bridgehead atoms. The molecule has 0 radical (unpaired) electrons. The van der Waals surface area contributed by atoms with Crippen molar-refractivity contribution in [1.82, 2.24) is 9.97 Å². The zero-order valence-electron chi connectivity index (χ0n) is 9.60. The minimum atomic E-state index is -0.759. The summed E-state index contributed by atoms with van der Waals surface area (Å²) in [5.74, 6) is -0.500. The molecule has 2 aromatic rings. The van der Waals surface area contributed by atoms with Crippen LogP contribution in [0, 0.1) is 6.92 Å². The molecule has 0 aliphatic carbocycles. The molecule has 6 nitrogen and oxygen atoms in total. The Balaban J connectivity index is 2.41. The molecule has 18 heavy (non-hydrogen) atoms. The Bertz CT molecular complexity index is 713. The number of aliphatic imine (C=N–C) groups is 1. The Kier molecular flexibility index (Phi) is 3.09. The second kappa shape index (κ2) is 4.70. The first-order valence-corrected chi connectivity index (χ1v) is 5.22. The summed E-state index contributed by atoms with van der Waals surface area (Å²) in [5.41, 5.74) is 0.151. The molecule has 0 saturated carbocycles. The minimum absolute atomic E-state index is 0.0869. The van der Waals surface area contributed by atoms with E-state index in [1.165, 1.54) is 6.21 Å². The molecule has 0 unspecified atom stereocenters. The Hall–Kier alpha value is -2.63. The van der Waals surface area contributed by atoms with Crippen LogP contribution in [-0.2, 0) is 0 Å². The average Bonchev–Trinajstić information content (AvgIpc) is 2.27. The van der Waals surface area contributed by atoms with E-state index in [9.17, 15) is 14.7 Å². The van der Waals surface area contributed by atoms with Gasteiger partial charge in [-0.15, -0.1) is 0 Å². The van der Waals surface area contributed by atoms with Crippen LogP contribution in [0.5, 0.6) is 5.88 Å². The third kappa shape index (κ3) is 2.54. The van der Waals surface area contributed by atoms with Crippen LogP contribution in [0.15, 0.2) is 38.8 Å². The first-order valence-electron chi connectivity index (χ1n) is 5.22. The van der Waals surface area contributed by atoms with E-state index in [2.05, 4.69) is 9.98 Å². The molecule has 0 saturated heterocycles. The summed E-state index contributed by atoms with van der Waals surface area (Å²) in [4.78, 5) is 30.4. The van der Waals surface area contributed by atoms with E-state index in [4.69, 9.17) is 0 Å². The fraction of sp³-hybridized carbons (Fsp3) is 0.0833. The van der Waals surface area contributed by atoms with Crippen molar-refractivity contribution in [3.05, 3.63) is 56.2 Å². The number of aromatic hydroxyl groups is 1. The normalized spacial score (nSPS) is 10.9. The van der Waals surface area contributed by atoms with E-state index in [1.54, 1.807) is 6.07 Å². The summed E-state index contributed by atoms with van der Waals surface area (Å²) in [6.45, 7) is 1.92. The lowest BCUT2D eigenvalue weighted by atomic mass is 10.2. The van der Waals surface area contributed by atoms with Crippen molar-refractivity contribution < 1.29 is 5.11 Å². The smallest absolute Gasteiger partial charge is 0.328 e. The number of H-pyrrole nitrogens is 2. The number of rotatable bonds is 2. The van der Waals surface area contributed by atoms with Gasteiger partial charge >= 0.3 is 5.69 Å². The van der Waals surface area contributed by atoms with Crippen molar-refractivity contribution in [3.63, 3.8) is 0 Å². The average molecular weight is 245 g/mol. The number of aryl methyl sites for hydroxylation is 1. The molecule has 0 fully saturated rings. The minimum Gasteiger partial charge on any atom is -0.494 e. The number of aromatic nitrogens is 2. The van der Waals surface area contributed by atoms with Gasteiger partial charge in [-0.25, -0.2) is 4.79 Å². The fourth-order valence-corrected chi connectivity index (χ4v) is 1.45. The van der Waals surface area contributed by atoms with Crippen molar-refractivity contribution >= 4 is 11.9 Å². The van der Waals surface area contributed by atoms with Gasteiger partial charge in [-0.2, -0.15) is 0 Å². The summed E-state index contributed by atoms with van der Waals surface area (Å²) >= 11 is 0. The van der Waals surface area contributed by atoms with Crippen molar-refractivity contribution in [3.8, 4) is 5.88 Å². The van der Waals surface area contributed by atoms with Gasteiger partial charge in [0, 0.05) is 6.21 Å². The molecule has 2 rings (SSSR count). The molecule has 1 aromatic carbocycles. The molecule has 0 aliphatic rings. The summed E-state index contributed by atoms with van der Waals surface area (Å²) < 4.78 is 0. The monoisotopic (exact) mass is 245 g/mol. The van der Waals surface area contributed by atoms with Crippen LogP contribution in [0.2, 0.25) is 0 Å². The van der Waals surface area contributed by atoms with Gasteiger partial charge in [0.1, 0.15) is 5.56 Å². The highest BCUT2D eigenvalue weighted by molar-refractivity contribution is 5.83. The van der Waals surface area contributed by atoms with Crippen molar-refractivity contribution in [2.45, 2.75) is 6.92 Å². The van der Waals surface area contributed by atoms with Crippen LogP contribution in [0.1, 0.15) is 11.1 Å². The molecule has 3 N–H and O–H groups in total. The number of benzene rings is 1. The largest absolute Gasteiger partial charge is 0.494 e. The molecule has 0 amide bonds. The fourth-order valence-electron chi connectivity index (χ4n) is 1.45. The zero-order chi connectivity index (χ0) is 13.1. The second-order valence-corrected chi connectivity index (χ2v) is 3.77. The topological polar surface area (TPSA) is 98.3 Å². The molecular weight excluding hydrogens is 234 g/mol. The molecule has 0 aliphatic heterocycles. The van der Waals surface area contributed by atoms with Gasteiger partial charge in [-0.3, -0.25) is 19.8 Å². The van der Waals surface area contributed by atoms with E-state index >= 15 is 0 Å². The molecular formula is C12H11N3O3. The standard InChI is InChI=1S/C12H11N3O3/c1-7-3-2-4-8(5-7)13-6-9-10(16)14-12(18)15-11(9)17/h2-6H,1H3,(H3,14,15,16,17,18). The number of hydrogen-bond acceptors (Lipinski definition) is 4. The van der Waals surface area contributed by atoms with Gasteiger partial charge in [-0.1, -0.05) is 12.1 Å². The second-order valence-electron chi connectivity index (χ2n) is 3.77. The van der Waals surface area contributed by atoms with Crippen LogP contribution >= 0.6 is 0 Å². The highest BCUT2D eigenvalue weighted by Gasteiger charge is 2.05. The lowest BCUT2D eigenvalue weighted by Gasteiger charge is -1.97. The molecule has 0 spiro atoms. The van der Waals surface area contributed by atoms with Crippen molar-refractivity contribution in [2.24, 2.45) is 4.99 Å². The Labute approximate surface area is 102 Å². The molecule has 0 atom stereocenters. The third-order valence-corrected chi connectivity index (χ3v) is 2.30. The van der Waals surface area contributed by atoms with Crippen LogP contribution < -0.4 is 11.2 Å². The number of hydrogen-bond donors (Lipinski definition) is 3. The highest BCUT2D eigenvalue weighted by Crippen LogP contribution is 2.13. The predicted octanol–water partition coefficient (Wildman–Crippen LogP) is 0.828. The van der Waals surface area contributed by atoms with E-state index in [1.807, 2.05) is 30.1 Å². The van der Waals surface area contributed by atoms with Gasteiger partial charge in [-0.05, 0) is 24.6 Å². The van der Waals surface area contributed by atoms with Gasteiger partial charge in [0.2, 0.25) is 5.88 Å².